The second kappa shape index (κ2) is 45.0. The average molecular weight is 854 g/mol. The zero-order valence-electron chi connectivity index (χ0n) is 40.5. The summed E-state index contributed by atoms with van der Waals surface area (Å²) in [6.45, 7) is 11.6. The van der Waals surface area contributed by atoms with Crippen LogP contribution in [0.4, 0.5) is 9.59 Å². The van der Waals surface area contributed by atoms with Gasteiger partial charge in [-0.1, -0.05) is 182 Å². The number of carbonyl (C=O) groups excluding carboxylic acids is 3. The standard InChI is InChI=1S/C51H99NO8/c1-7-11-23-32-46(33-24-12-8-2)39-44-58-50(54)56-42-29-21-17-15-19-27-36-48(60-49(53)38-31-41-52(5)6)37-28-20-16-18-22-30-43-57-51(55)59-45-40-47(34-25-13-9-3)35-26-14-10-4/h46-48H,7-45H2,1-6H3. The van der Waals surface area contributed by atoms with E-state index >= 15 is 0 Å². The zero-order chi connectivity index (χ0) is 44.2. The first kappa shape index (κ1) is 58.0. The number of hydrogen-bond donors (Lipinski definition) is 0. The molecular formula is C51H99NO8. The molecule has 0 spiro atoms. The predicted molar refractivity (Wildman–Crippen MR) is 250 cm³/mol. The van der Waals surface area contributed by atoms with Gasteiger partial charge in [0.15, 0.2) is 0 Å². The summed E-state index contributed by atoms with van der Waals surface area (Å²) in [7, 11) is 4.05. The molecule has 0 fully saturated rings. The second-order valence-corrected chi connectivity index (χ2v) is 18.0. The Kier molecular flexibility index (Phi) is 43.5. The highest BCUT2D eigenvalue weighted by molar-refractivity contribution is 5.69. The second-order valence-electron chi connectivity index (χ2n) is 18.0. The van der Waals surface area contributed by atoms with Gasteiger partial charge in [0.25, 0.3) is 0 Å². The molecule has 356 valence electrons. The number of hydrogen-bond acceptors (Lipinski definition) is 9. The highest BCUT2D eigenvalue weighted by Crippen LogP contribution is 2.23. The van der Waals surface area contributed by atoms with Crippen LogP contribution in [-0.2, 0) is 28.5 Å². The summed E-state index contributed by atoms with van der Waals surface area (Å²) in [6, 6.07) is 0. The topological polar surface area (TPSA) is 101 Å². The maximum absolute atomic E-state index is 12.6. The quantitative estimate of drug-likeness (QED) is 0.0337. The summed E-state index contributed by atoms with van der Waals surface area (Å²) in [5.74, 6) is 1.22. The predicted octanol–water partition coefficient (Wildman–Crippen LogP) is 15.3. The maximum Gasteiger partial charge on any atom is 0.508 e. The Bertz CT molecular complexity index is 866. The van der Waals surface area contributed by atoms with Crippen LogP contribution < -0.4 is 0 Å². The number of unbranched alkanes of at least 4 members (excludes halogenated alkanes) is 18. The minimum atomic E-state index is -0.522. The monoisotopic (exact) mass is 854 g/mol. The molecule has 0 rings (SSSR count). The average Bonchev–Trinajstić information content (AvgIpc) is 3.22. The van der Waals surface area contributed by atoms with Crippen LogP contribution in [0.3, 0.4) is 0 Å². The molecule has 0 atom stereocenters. The van der Waals surface area contributed by atoms with E-state index in [4.69, 9.17) is 23.7 Å². The van der Waals surface area contributed by atoms with Gasteiger partial charge in [0.05, 0.1) is 26.4 Å². The lowest BCUT2D eigenvalue weighted by Gasteiger charge is -2.18. The number of carbonyl (C=O) groups is 3. The van der Waals surface area contributed by atoms with E-state index in [9.17, 15) is 14.4 Å². The number of rotatable bonds is 45. The minimum Gasteiger partial charge on any atom is -0.462 e. The molecule has 0 aromatic rings. The fourth-order valence-corrected chi connectivity index (χ4v) is 8.02. The van der Waals surface area contributed by atoms with Gasteiger partial charge in [-0.05, 0) is 90.3 Å². The van der Waals surface area contributed by atoms with Gasteiger partial charge >= 0.3 is 18.3 Å². The normalized spacial score (nSPS) is 11.6. The minimum absolute atomic E-state index is 0.0124. The van der Waals surface area contributed by atoms with Gasteiger partial charge in [0.1, 0.15) is 6.10 Å². The van der Waals surface area contributed by atoms with Crippen LogP contribution in [0.15, 0.2) is 0 Å². The van der Waals surface area contributed by atoms with Crippen LogP contribution in [0.25, 0.3) is 0 Å². The Morgan fingerprint density at radius 3 is 1.08 bits per heavy atom. The molecule has 60 heavy (non-hydrogen) atoms. The van der Waals surface area contributed by atoms with Gasteiger partial charge in [-0.2, -0.15) is 0 Å². The van der Waals surface area contributed by atoms with E-state index in [1.807, 2.05) is 14.1 Å². The third-order valence-electron chi connectivity index (χ3n) is 11.9. The smallest absolute Gasteiger partial charge is 0.462 e. The fraction of sp³-hybridized carbons (Fsp3) is 0.941. The van der Waals surface area contributed by atoms with Crippen molar-refractivity contribution in [3.05, 3.63) is 0 Å². The third kappa shape index (κ3) is 41.3. The van der Waals surface area contributed by atoms with Gasteiger partial charge in [-0.25, -0.2) is 9.59 Å². The Morgan fingerprint density at radius 1 is 0.383 bits per heavy atom. The van der Waals surface area contributed by atoms with Crippen molar-refractivity contribution < 1.29 is 38.1 Å². The third-order valence-corrected chi connectivity index (χ3v) is 11.9. The molecule has 0 aromatic heterocycles. The molecule has 0 bridgehead atoms. The lowest BCUT2D eigenvalue weighted by atomic mass is 9.92. The van der Waals surface area contributed by atoms with Crippen LogP contribution in [-0.4, -0.2) is 76.4 Å². The van der Waals surface area contributed by atoms with E-state index in [2.05, 4.69) is 32.6 Å². The van der Waals surface area contributed by atoms with Crippen molar-refractivity contribution in [3.8, 4) is 0 Å². The molecule has 0 aliphatic heterocycles. The zero-order valence-corrected chi connectivity index (χ0v) is 40.5. The maximum atomic E-state index is 12.6. The number of ether oxygens (including phenoxy) is 5. The van der Waals surface area contributed by atoms with Gasteiger partial charge in [0, 0.05) is 6.42 Å². The van der Waals surface area contributed by atoms with Crippen LogP contribution in [0.1, 0.15) is 246 Å². The Labute approximate surface area is 371 Å². The number of nitrogens with zero attached hydrogens (tertiary/aromatic N) is 1. The van der Waals surface area contributed by atoms with Crippen LogP contribution in [0, 0.1) is 11.8 Å². The lowest BCUT2D eigenvalue weighted by molar-refractivity contribution is -0.150. The molecule has 0 saturated heterocycles. The van der Waals surface area contributed by atoms with E-state index in [0.717, 1.165) is 116 Å². The summed E-state index contributed by atoms with van der Waals surface area (Å²) in [5.41, 5.74) is 0. The Morgan fingerprint density at radius 2 is 0.717 bits per heavy atom. The van der Waals surface area contributed by atoms with E-state index in [-0.39, 0.29) is 12.1 Å². The molecule has 0 unspecified atom stereocenters. The fourth-order valence-electron chi connectivity index (χ4n) is 8.02. The molecule has 9 heteroatoms. The summed E-state index contributed by atoms with van der Waals surface area (Å²) in [4.78, 5) is 39.0. The van der Waals surface area contributed by atoms with E-state index in [1.54, 1.807) is 0 Å². The highest BCUT2D eigenvalue weighted by atomic mass is 16.7. The van der Waals surface area contributed by atoms with Gasteiger partial charge < -0.3 is 28.6 Å². The van der Waals surface area contributed by atoms with Crippen molar-refractivity contribution in [2.24, 2.45) is 11.8 Å². The largest absolute Gasteiger partial charge is 0.508 e. The molecule has 0 aromatic carbocycles. The van der Waals surface area contributed by atoms with Crippen molar-refractivity contribution in [3.63, 3.8) is 0 Å². The summed E-state index contributed by atoms with van der Waals surface area (Å²) >= 11 is 0. The molecule has 0 N–H and O–H groups in total. The SMILES string of the molecule is CCCCCC(CCCCC)CCOC(=O)OCCCCCCCCC(CCCCCCCCOC(=O)OCCC(CCCCC)CCCCC)OC(=O)CCCN(C)C. The molecule has 0 heterocycles. The van der Waals surface area contributed by atoms with Crippen LogP contribution in [0.2, 0.25) is 0 Å². The Hall–Kier alpha value is -2.03. The molecule has 0 radical (unpaired) electrons. The van der Waals surface area contributed by atoms with Crippen LogP contribution in [0.5, 0.6) is 0 Å². The van der Waals surface area contributed by atoms with Crippen LogP contribution >= 0.6 is 0 Å². The first-order chi connectivity index (χ1) is 29.2. The van der Waals surface area contributed by atoms with Crippen molar-refractivity contribution >= 4 is 18.3 Å². The molecule has 0 aliphatic carbocycles. The summed E-state index contributed by atoms with van der Waals surface area (Å²) in [6.07, 6.45) is 36.6. The molecular weight excluding hydrogens is 755 g/mol. The Balaban J connectivity index is 4.22. The van der Waals surface area contributed by atoms with Crippen molar-refractivity contribution in [2.45, 2.75) is 252 Å². The first-order valence-corrected chi connectivity index (χ1v) is 25.7. The number of esters is 1. The molecule has 0 saturated carbocycles. The first-order valence-electron chi connectivity index (χ1n) is 25.7. The van der Waals surface area contributed by atoms with E-state index < -0.39 is 12.3 Å². The summed E-state index contributed by atoms with van der Waals surface area (Å²) in [5, 5.41) is 0. The van der Waals surface area contributed by atoms with Crippen molar-refractivity contribution in [1.82, 2.24) is 4.90 Å². The van der Waals surface area contributed by atoms with Crippen molar-refractivity contribution in [2.75, 3.05) is 47.1 Å². The van der Waals surface area contributed by atoms with E-state index in [1.165, 1.54) is 103 Å². The van der Waals surface area contributed by atoms with E-state index in [0.29, 0.717) is 44.7 Å². The van der Waals surface area contributed by atoms with Gasteiger partial charge in [0.2, 0.25) is 0 Å². The molecule has 9 nitrogen and oxygen atoms in total. The van der Waals surface area contributed by atoms with Gasteiger partial charge in [-0.3, -0.25) is 4.79 Å². The van der Waals surface area contributed by atoms with Crippen molar-refractivity contribution in [1.29, 1.82) is 0 Å². The lowest BCUT2D eigenvalue weighted by Crippen LogP contribution is -2.20. The summed E-state index contributed by atoms with van der Waals surface area (Å²) < 4.78 is 27.5. The highest BCUT2D eigenvalue weighted by Gasteiger charge is 2.16. The molecule has 0 amide bonds. The van der Waals surface area contributed by atoms with Gasteiger partial charge in [-0.15, -0.1) is 0 Å². The molecule has 0 aliphatic rings.